The minimum absolute atomic E-state index is 0.574. The lowest BCUT2D eigenvalue weighted by molar-refractivity contribution is 0.311. The number of ether oxygens (including phenoxy) is 5. The van der Waals surface area contributed by atoms with Crippen molar-refractivity contribution in [1.29, 1.82) is 0 Å². The molecule has 0 aliphatic rings. The van der Waals surface area contributed by atoms with Crippen molar-refractivity contribution < 1.29 is 23.7 Å². The fraction of sp³-hybridized carbons (Fsp3) is 0.300. The molecule has 0 bridgehead atoms. The number of hydrogen-bond donors (Lipinski definition) is 0. The third kappa shape index (κ3) is 4.38. The summed E-state index contributed by atoms with van der Waals surface area (Å²) < 4.78 is 27.0. The standard InChI is InChI=1S/C20H24O5/c1-6-25-17-11-14(9-10-16(17)21-2)7-8-15-12-18(22-3)20(24-5)19(13-15)23-4/h7-13H,6H2,1-5H3/b8-7-. The minimum atomic E-state index is 0.574. The maximum Gasteiger partial charge on any atom is 0.203 e. The van der Waals surface area contributed by atoms with Crippen LogP contribution in [0.25, 0.3) is 12.2 Å². The quantitative estimate of drug-likeness (QED) is 0.669. The molecular formula is C20H24O5. The van der Waals surface area contributed by atoms with E-state index in [9.17, 15) is 0 Å². The van der Waals surface area contributed by atoms with Gasteiger partial charge in [-0.25, -0.2) is 0 Å². The van der Waals surface area contributed by atoms with E-state index in [1.54, 1.807) is 28.4 Å². The molecule has 25 heavy (non-hydrogen) atoms. The van der Waals surface area contributed by atoms with Gasteiger partial charge in [-0.1, -0.05) is 18.2 Å². The fourth-order valence-corrected chi connectivity index (χ4v) is 2.46. The van der Waals surface area contributed by atoms with Gasteiger partial charge in [-0.15, -0.1) is 0 Å². The molecule has 0 heterocycles. The molecule has 0 unspecified atom stereocenters. The summed E-state index contributed by atoms with van der Waals surface area (Å²) in [7, 11) is 6.41. The lowest BCUT2D eigenvalue weighted by Gasteiger charge is -2.13. The minimum Gasteiger partial charge on any atom is -0.493 e. The second-order valence-electron chi connectivity index (χ2n) is 5.14. The summed E-state index contributed by atoms with van der Waals surface area (Å²) in [6.45, 7) is 2.52. The van der Waals surface area contributed by atoms with Gasteiger partial charge in [0.1, 0.15) is 0 Å². The van der Waals surface area contributed by atoms with Gasteiger partial charge < -0.3 is 23.7 Å². The third-order valence-corrected chi connectivity index (χ3v) is 3.64. The van der Waals surface area contributed by atoms with Gasteiger partial charge in [0.25, 0.3) is 0 Å². The zero-order valence-electron chi connectivity index (χ0n) is 15.3. The van der Waals surface area contributed by atoms with E-state index in [0.29, 0.717) is 29.6 Å². The Hall–Kier alpha value is -2.82. The van der Waals surface area contributed by atoms with Gasteiger partial charge in [-0.05, 0) is 42.3 Å². The molecular weight excluding hydrogens is 320 g/mol. The average molecular weight is 344 g/mol. The van der Waals surface area contributed by atoms with Crippen molar-refractivity contribution in [3.05, 3.63) is 41.5 Å². The van der Waals surface area contributed by atoms with Crippen LogP contribution >= 0.6 is 0 Å². The van der Waals surface area contributed by atoms with Crippen LogP contribution in [0.15, 0.2) is 30.3 Å². The molecule has 0 saturated heterocycles. The van der Waals surface area contributed by atoms with Gasteiger partial charge in [0.15, 0.2) is 23.0 Å². The van der Waals surface area contributed by atoms with Gasteiger partial charge in [0, 0.05) is 0 Å². The van der Waals surface area contributed by atoms with Crippen LogP contribution in [0, 0.1) is 0 Å². The molecule has 5 heteroatoms. The van der Waals surface area contributed by atoms with E-state index in [1.807, 2.05) is 49.4 Å². The van der Waals surface area contributed by atoms with Gasteiger partial charge >= 0.3 is 0 Å². The van der Waals surface area contributed by atoms with Crippen LogP contribution in [0.3, 0.4) is 0 Å². The predicted octanol–water partition coefficient (Wildman–Crippen LogP) is 4.29. The molecule has 0 atom stereocenters. The molecule has 0 aliphatic heterocycles. The second kappa shape index (κ2) is 8.87. The largest absolute Gasteiger partial charge is 0.493 e. The number of hydrogen-bond acceptors (Lipinski definition) is 5. The number of rotatable bonds is 8. The van der Waals surface area contributed by atoms with E-state index in [2.05, 4.69) is 0 Å². The van der Waals surface area contributed by atoms with E-state index in [0.717, 1.165) is 16.9 Å². The first-order chi connectivity index (χ1) is 12.2. The van der Waals surface area contributed by atoms with Gasteiger partial charge in [0.2, 0.25) is 5.75 Å². The van der Waals surface area contributed by atoms with Gasteiger partial charge in [-0.2, -0.15) is 0 Å². The van der Waals surface area contributed by atoms with E-state index >= 15 is 0 Å². The van der Waals surface area contributed by atoms with E-state index < -0.39 is 0 Å². The maximum absolute atomic E-state index is 5.61. The molecule has 0 amide bonds. The third-order valence-electron chi connectivity index (χ3n) is 3.64. The Balaban J connectivity index is 2.34. The van der Waals surface area contributed by atoms with E-state index in [4.69, 9.17) is 23.7 Å². The molecule has 0 saturated carbocycles. The molecule has 0 spiro atoms. The molecule has 0 fully saturated rings. The van der Waals surface area contributed by atoms with Crippen LogP contribution in [0.2, 0.25) is 0 Å². The topological polar surface area (TPSA) is 46.2 Å². The first-order valence-electron chi connectivity index (χ1n) is 7.95. The summed E-state index contributed by atoms with van der Waals surface area (Å²) in [5, 5.41) is 0. The smallest absolute Gasteiger partial charge is 0.203 e. The van der Waals surface area contributed by atoms with Crippen LogP contribution in [0.1, 0.15) is 18.1 Å². The lowest BCUT2D eigenvalue weighted by Crippen LogP contribution is -1.96. The summed E-state index contributed by atoms with van der Waals surface area (Å²) >= 11 is 0. The van der Waals surface area contributed by atoms with Crippen LogP contribution in [-0.4, -0.2) is 35.0 Å². The fourth-order valence-electron chi connectivity index (χ4n) is 2.46. The normalized spacial score (nSPS) is 10.6. The van der Waals surface area contributed by atoms with Crippen LogP contribution < -0.4 is 23.7 Å². The van der Waals surface area contributed by atoms with Gasteiger partial charge in [-0.3, -0.25) is 0 Å². The Morgan fingerprint density at radius 2 is 1.24 bits per heavy atom. The Labute approximate surface area is 148 Å². The van der Waals surface area contributed by atoms with Crippen molar-refractivity contribution in [2.24, 2.45) is 0 Å². The molecule has 2 aromatic carbocycles. The van der Waals surface area contributed by atoms with Crippen molar-refractivity contribution in [3.8, 4) is 28.7 Å². The molecule has 2 rings (SSSR count). The first-order valence-corrected chi connectivity index (χ1v) is 7.95. The summed E-state index contributed by atoms with van der Waals surface area (Å²) in [5.41, 5.74) is 1.93. The summed E-state index contributed by atoms with van der Waals surface area (Å²) in [6, 6.07) is 9.59. The molecule has 0 aliphatic carbocycles. The Morgan fingerprint density at radius 1 is 0.680 bits per heavy atom. The molecule has 134 valence electrons. The van der Waals surface area contributed by atoms with Crippen molar-refractivity contribution >= 4 is 12.2 Å². The summed E-state index contributed by atoms with van der Waals surface area (Å²) in [6.07, 6.45) is 3.96. The van der Waals surface area contributed by atoms with Crippen molar-refractivity contribution in [3.63, 3.8) is 0 Å². The second-order valence-corrected chi connectivity index (χ2v) is 5.14. The van der Waals surface area contributed by atoms with Crippen molar-refractivity contribution in [2.45, 2.75) is 6.92 Å². The highest BCUT2D eigenvalue weighted by molar-refractivity contribution is 5.73. The SMILES string of the molecule is CCOc1cc(/C=C\c2cc(OC)c(OC)c(OC)c2)ccc1OC. The van der Waals surface area contributed by atoms with Crippen LogP contribution in [0.5, 0.6) is 28.7 Å². The highest BCUT2D eigenvalue weighted by atomic mass is 16.5. The monoisotopic (exact) mass is 344 g/mol. The van der Waals surface area contributed by atoms with E-state index in [-0.39, 0.29) is 0 Å². The number of methoxy groups -OCH3 is 4. The Kier molecular flexibility index (Phi) is 6.57. The highest BCUT2D eigenvalue weighted by Crippen LogP contribution is 2.38. The molecule has 0 N–H and O–H groups in total. The predicted molar refractivity (Wildman–Crippen MR) is 99.2 cm³/mol. The Bertz CT molecular complexity index is 712. The molecule has 0 aromatic heterocycles. The highest BCUT2D eigenvalue weighted by Gasteiger charge is 2.12. The van der Waals surface area contributed by atoms with Crippen LogP contribution in [-0.2, 0) is 0 Å². The van der Waals surface area contributed by atoms with Crippen molar-refractivity contribution in [1.82, 2.24) is 0 Å². The van der Waals surface area contributed by atoms with E-state index in [1.165, 1.54) is 0 Å². The molecule has 0 radical (unpaired) electrons. The zero-order valence-corrected chi connectivity index (χ0v) is 15.3. The van der Waals surface area contributed by atoms with Crippen molar-refractivity contribution in [2.75, 3.05) is 35.0 Å². The summed E-state index contributed by atoms with van der Waals surface area (Å²) in [4.78, 5) is 0. The Morgan fingerprint density at radius 3 is 1.76 bits per heavy atom. The van der Waals surface area contributed by atoms with Crippen LogP contribution in [0.4, 0.5) is 0 Å². The number of benzene rings is 2. The molecule has 2 aromatic rings. The summed E-state index contributed by atoms with van der Waals surface area (Å²) in [5.74, 6) is 3.24. The maximum atomic E-state index is 5.61. The average Bonchev–Trinajstić information content (AvgIpc) is 2.65. The van der Waals surface area contributed by atoms with Gasteiger partial charge in [0.05, 0.1) is 35.0 Å². The zero-order chi connectivity index (χ0) is 18.2. The first kappa shape index (κ1) is 18.5. The lowest BCUT2D eigenvalue weighted by atomic mass is 10.1. The molecule has 5 nitrogen and oxygen atoms in total.